The number of hydrogen-bond acceptors (Lipinski definition) is 3. The molecule has 1 aromatic carbocycles. The minimum atomic E-state index is -0.258. The average Bonchev–Trinajstić information content (AvgIpc) is 2.36. The molecule has 0 bridgehead atoms. The van der Waals surface area contributed by atoms with Crippen molar-refractivity contribution in [3.63, 3.8) is 0 Å². The first kappa shape index (κ1) is 15.6. The predicted octanol–water partition coefficient (Wildman–Crippen LogP) is 1.15. The monoisotopic (exact) mass is 267 g/mol. The molecule has 0 saturated heterocycles. The highest BCUT2D eigenvalue weighted by Crippen LogP contribution is 2.18. The van der Waals surface area contributed by atoms with Gasteiger partial charge in [-0.1, -0.05) is 12.1 Å². The molecule has 1 atom stereocenters. The lowest BCUT2D eigenvalue weighted by Gasteiger charge is -2.25. The van der Waals surface area contributed by atoms with Crippen LogP contribution in [-0.2, 0) is 4.79 Å². The van der Waals surface area contributed by atoms with Crippen LogP contribution in [-0.4, -0.2) is 45.0 Å². The van der Waals surface area contributed by atoms with Gasteiger partial charge in [-0.2, -0.15) is 0 Å². The molecule has 1 amide bonds. The first-order chi connectivity index (χ1) is 9.04. The Morgan fingerprint density at radius 3 is 2.74 bits per heavy atom. The van der Waals surface area contributed by atoms with Crippen LogP contribution in [0.15, 0.2) is 24.3 Å². The van der Waals surface area contributed by atoms with E-state index < -0.39 is 0 Å². The van der Waals surface area contributed by atoms with Gasteiger partial charge >= 0.3 is 0 Å². The van der Waals surface area contributed by atoms with Crippen molar-refractivity contribution in [1.29, 1.82) is 0 Å². The standard InChI is InChI=1S/C14H22FN3O/c1-16-8-7-14(19)17-10-13(18(2)3)11-5-4-6-12(15)9-11/h4-6,9,13,16H,7-8,10H2,1-3H3,(H,17,19). The summed E-state index contributed by atoms with van der Waals surface area (Å²) in [6, 6.07) is 6.44. The van der Waals surface area contributed by atoms with Gasteiger partial charge in [-0.3, -0.25) is 4.79 Å². The second-order valence-corrected chi connectivity index (χ2v) is 4.69. The van der Waals surface area contributed by atoms with E-state index in [1.165, 1.54) is 12.1 Å². The summed E-state index contributed by atoms with van der Waals surface area (Å²) in [4.78, 5) is 13.5. The molecule has 0 heterocycles. The van der Waals surface area contributed by atoms with Crippen molar-refractivity contribution in [2.24, 2.45) is 0 Å². The van der Waals surface area contributed by atoms with E-state index in [9.17, 15) is 9.18 Å². The largest absolute Gasteiger partial charge is 0.354 e. The predicted molar refractivity (Wildman–Crippen MR) is 74.4 cm³/mol. The number of likely N-dealkylation sites (N-methyl/N-ethyl adjacent to an activating group) is 1. The number of benzene rings is 1. The number of carbonyl (C=O) groups is 1. The number of carbonyl (C=O) groups excluding carboxylic acids is 1. The zero-order valence-corrected chi connectivity index (χ0v) is 11.7. The first-order valence-corrected chi connectivity index (χ1v) is 6.37. The van der Waals surface area contributed by atoms with Gasteiger partial charge in [0.15, 0.2) is 0 Å². The van der Waals surface area contributed by atoms with Crippen LogP contribution in [0.5, 0.6) is 0 Å². The van der Waals surface area contributed by atoms with E-state index in [0.29, 0.717) is 19.5 Å². The fourth-order valence-corrected chi connectivity index (χ4v) is 1.85. The Morgan fingerprint density at radius 1 is 1.42 bits per heavy atom. The number of hydrogen-bond donors (Lipinski definition) is 2. The van der Waals surface area contributed by atoms with Crippen molar-refractivity contribution >= 4 is 5.91 Å². The number of amides is 1. The fraction of sp³-hybridized carbons (Fsp3) is 0.500. The maximum atomic E-state index is 13.2. The van der Waals surface area contributed by atoms with Crippen molar-refractivity contribution < 1.29 is 9.18 Å². The summed E-state index contributed by atoms with van der Waals surface area (Å²) >= 11 is 0. The molecule has 1 unspecified atom stereocenters. The summed E-state index contributed by atoms with van der Waals surface area (Å²) in [5.41, 5.74) is 0.860. The van der Waals surface area contributed by atoms with Crippen LogP contribution >= 0.6 is 0 Å². The maximum absolute atomic E-state index is 13.2. The fourth-order valence-electron chi connectivity index (χ4n) is 1.85. The summed E-state index contributed by atoms with van der Waals surface area (Å²) in [6.45, 7) is 1.12. The van der Waals surface area contributed by atoms with Gasteiger partial charge < -0.3 is 15.5 Å². The normalized spacial score (nSPS) is 12.5. The van der Waals surface area contributed by atoms with Gasteiger partial charge in [0.05, 0.1) is 6.04 Å². The maximum Gasteiger partial charge on any atom is 0.221 e. The lowest BCUT2D eigenvalue weighted by Crippen LogP contribution is -2.35. The van der Waals surface area contributed by atoms with Crippen LogP contribution in [0.25, 0.3) is 0 Å². The minimum absolute atomic E-state index is 0.00222. The van der Waals surface area contributed by atoms with Crippen LogP contribution in [0.4, 0.5) is 4.39 Å². The van der Waals surface area contributed by atoms with E-state index in [1.807, 2.05) is 32.1 Å². The molecule has 0 radical (unpaired) electrons. The first-order valence-electron chi connectivity index (χ1n) is 6.37. The molecule has 0 spiro atoms. The van der Waals surface area contributed by atoms with Crippen LogP contribution < -0.4 is 10.6 Å². The summed E-state index contributed by atoms with van der Waals surface area (Å²) < 4.78 is 13.2. The van der Waals surface area contributed by atoms with Crippen LogP contribution in [0, 0.1) is 5.82 Å². The number of rotatable bonds is 7. The third kappa shape index (κ3) is 5.36. The van der Waals surface area contributed by atoms with Gasteiger partial charge in [0, 0.05) is 19.5 Å². The Bertz CT molecular complexity index is 409. The van der Waals surface area contributed by atoms with Crippen molar-refractivity contribution in [2.75, 3.05) is 34.2 Å². The van der Waals surface area contributed by atoms with Gasteiger partial charge in [-0.25, -0.2) is 4.39 Å². The molecule has 0 aliphatic heterocycles. The number of halogens is 1. The quantitative estimate of drug-likeness (QED) is 0.779. The molecule has 5 heteroatoms. The SMILES string of the molecule is CNCCC(=O)NCC(c1cccc(F)c1)N(C)C. The highest BCUT2D eigenvalue weighted by Gasteiger charge is 2.15. The molecule has 1 aromatic rings. The zero-order valence-electron chi connectivity index (χ0n) is 11.7. The van der Waals surface area contributed by atoms with E-state index >= 15 is 0 Å². The van der Waals surface area contributed by atoms with Crippen molar-refractivity contribution in [3.8, 4) is 0 Å². The molecule has 0 aromatic heterocycles. The Labute approximate surface area is 114 Å². The molecule has 0 fully saturated rings. The summed E-state index contributed by atoms with van der Waals surface area (Å²) in [6.07, 6.45) is 0.444. The van der Waals surface area contributed by atoms with Gasteiger partial charge in [0.25, 0.3) is 0 Å². The van der Waals surface area contributed by atoms with Gasteiger partial charge in [0.2, 0.25) is 5.91 Å². The molecule has 106 valence electrons. The molecular weight excluding hydrogens is 245 g/mol. The molecule has 2 N–H and O–H groups in total. The average molecular weight is 267 g/mol. The molecule has 0 saturated carbocycles. The Morgan fingerprint density at radius 2 is 2.16 bits per heavy atom. The molecular formula is C14H22FN3O. The second kappa shape index (κ2) is 7.86. The van der Waals surface area contributed by atoms with Crippen molar-refractivity contribution in [3.05, 3.63) is 35.6 Å². The lowest BCUT2D eigenvalue weighted by molar-refractivity contribution is -0.121. The minimum Gasteiger partial charge on any atom is -0.354 e. The van der Waals surface area contributed by atoms with Crippen molar-refractivity contribution in [1.82, 2.24) is 15.5 Å². The Balaban J connectivity index is 2.61. The highest BCUT2D eigenvalue weighted by molar-refractivity contribution is 5.76. The summed E-state index contributed by atoms with van der Waals surface area (Å²) in [5, 5.41) is 5.80. The molecule has 0 aliphatic carbocycles. The molecule has 1 rings (SSSR count). The van der Waals surface area contributed by atoms with E-state index in [0.717, 1.165) is 5.56 Å². The Kier molecular flexibility index (Phi) is 6.45. The molecule has 0 aliphatic rings. The number of nitrogens with one attached hydrogen (secondary N) is 2. The van der Waals surface area contributed by atoms with Crippen molar-refractivity contribution in [2.45, 2.75) is 12.5 Å². The highest BCUT2D eigenvalue weighted by atomic mass is 19.1. The van der Waals surface area contributed by atoms with E-state index in [-0.39, 0.29) is 17.8 Å². The summed E-state index contributed by atoms with van der Waals surface area (Å²) in [5.74, 6) is -0.261. The summed E-state index contributed by atoms with van der Waals surface area (Å²) in [7, 11) is 5.63. The lowest BCUT2D eigenvalue weighted by atomic mass is 10.1. The van der Waals surface area contributed by atoms with Gasteiger partial charge in [-0.05, 0) is 38.8 Å². The second-order valence-electron chi connectivity index (χ2n) is 4.69. The van der Waals surface area contributed by atoms with Crippen LogP contribution in [0.1, 0.15) is 18.0 Å². The third-order valence-corrected chi connectivity index (χ3v) is 2.95. The molecule has 19 heavy (non-hydrogen) atoms. The molecule has 4 nitrogen and oxygen atoms in total. The van der Waals surface area contributed by atoms with E-state index in [4.69, 9.17) is 0 Å². The van der Waals surface area contributed by atoms with E-state index in [2.05, 4.69) is 10.6 Å². The number of nitrogens with zero attached hydrogens (tertiary/aromatic N) is 1. The smallest absolute Gasteiger partial charge is 0.221 e. The van der Waals surface area contributed by atoms with Gasteiger partial charge in [-0.15, -0.1) is 0 Å². The van der Waals surface area contributed by atoms with Crippen LogP contribution in [0.3, 0.4) is 0 Å². The third-order valence-electron chi connectivity index (χ3n) is 2.95. The topological polar surface area (TPSA) is 44.4 Å². The van der Waals surface area contributed by atoms with E-state index in [1.54, 1.807) is 6.07 Å². The zero-order chi connectivity index (χ0) is 14.3. The van der Waals surface area contributed by atoms with Gasteiger partial charge in [0.1, 0.15) is 5.82 Å². The van der Waals surface area contributed by atoms with Crippen LogP contribution in [0.2, 0.25) is 0 Å². The Hall–Kier alpha value is -1.46.